The summed E-state index contributed by atoms with van der Waals surface area (Å²) in [4.78, 5) is 13.4. The fourth-order valence-corrected chi connectivity index (χ4v) is 3.06. The van der Waals surface area contributed by atoms with E-state index in [-0.39, 0.29) is 11.9 Å². The van der Waals surface area contributed by atoms with Crippen LogP contribution in [0.4, 0.5) is 0 Å². The van der Waals surface area contributed by atoms with E-state index in [0.717, 1.165) is 18.7 Å². The maximum atomic E-state index is 12.2. The fourth-order valence-electron chi connectivity index (χ4n) is 2.32. The minimum atomic E-state index is -0.00407. The van der Waals surface area contributed by atoms with Gasteiger partial charge < -0.3 is 10.6 Å². The second-order valence-electron chi connectivity index (χ2n) is 4.80. The summed E-state index contributed by atoms with van der Waals surface area (Å²) in [6.45, 7) is 3.78. The Morgan fingerprint density at radius 2 is 2.16 bits per heavy atom. The molecule has 0 radical (unpaired) electrons. The standard InChI is InChI=1S/C15H16N2OS/c1-10(14-3-2-6-19-14)17-15(18)11-4-5-12-8-16-9-13(12)7-11/h2-7,10,16H,8-9H2,1H3,(H,17,18)/t10-/m0/s1. The van der Waals surface area contributed by atoms with Crippen LogP contribution in [0.3, 0.4) is 0 Å². The molecule has 19 heavy (non-hydrogen) atoms. The van der Waals surface area contributed by atoms with E-state index in [9.17, 15) is 4.79 Å². The molecule has 1 amide bonds. The number of nitrogens with one attached hydrogen (secondary N) is 2. The third-order valence-corrected chi connectivity index (χ3v) is 4.47. The van der Waals surface area contributed by atoms with Crippen LogP contribution in [0.2, 0.25) is 0 Å². The zero-order chi connectivity index (χ0) is 13.2. The molecule has 0 bridgehead atoms. The van der Waals surface area contributed by atoms with Crippen molar-refractivity contribution in [3.8, 4) is 0 Å². The molecule has 0 spiro atoms. The molecule has 2 N–H and O–H groups in total. The van der Waals surface area contributed by atoms with Crippen molar-refractivity contribution < 1.29 is 4.79 Å². The summed E-state index contributed by atoms with van der Waals surface area (Å²) in [6.07, 6.45) is 0. The van der Waals surface area contributed by atoms with Gasteiger partial charge in [-0.1, -0.05) is 12.1 Å². The van der Waals surface area contributed by atoms with E-state index in [0.29, 0.717) is 0 Å². The SMILES string of the molecule is C[C@H](NC(=O)c1ccc2c(c1)CNC2)c1cccs1. The molecule has 2 aromatic rings. The van der Waals surface area contributed by atoms with Gasteiger partial charge in [0, 0.05) is 23.5 Å². The summed E-state index contributed by atoms with van der Waals surface area (Å²) < 4.78 is 0. The minimum absolute atomic E-state index is 0.00407. The number of hydrogen-bond donors (Lipinski definition) is 2. The highest BCUT2D eigenvalue weighted by atomic mass is 32.1. The molecule has 1 aromatic carbocycles. The second-order valence-corrected chi connectivity index (χ2v) is 5.78. The highest BCUT2D eigenvalue weighted by molar-refractivity contribution is 7.10. The molecule has 3 rings (SSSR count). The Labute approximate surface area is 116 Å². The summed E-state index contributed by atoms with van der Waals surface area (Å²) in [7, 11) is 0. The molecule has 0 fully saturated rings. The van der Waals surface area contributed by atoms with E-state index in [1.807, 2.05) is 42.6 Å². The molecule has 0 saturated heterocycles. The molecule has 3 nitrogen and oxygen atoms in total. The van der Waals surface area contributed by atoms with Crippen molar-refractivity contribution in [2.75, 3.05) is 0 Å². The van der Waals surface area contributed by atoms with Gasteiger partial charge in [-0.25, -0.2) is 0 Å². The topological polar surface area (TPSA) is 41.1 Å². The molecule has 1 atom stereocenters. The van der Waals surface area contributed by atoms with Gasteiger partial charge in [0.2, 0.25) is 0 Å². The number of carbonyl (C=O) groups excluding carboxylic acids is 1. The van der Waals surface area contributed by atoms with Crippen LogP contribution in [0.1, 0.15) is 39.3 Å². The van der Waals surface area contributed by atoms with Gasteiger partial charge in [-0.2, -0.15) is 0 Å². The van der Waals surface area contributed by atoms with Crippen LogP contribution in [0, 0.1) is 0 Å². The Bertz CT molecular complexity index is 592. The predicted molar refractivity (Wildman–Crippen MR) is 77.2 cm³/mol. The first kappa shape index (κ1) is 12.4. The van der Waals surface area contributed by atoms with Gasteiger partial charge in [0.15, 0.2) is 0 Å². The minimum Gasteiger partial charge on any atom is -0.345 e. The van der Waals surface area contributed by atoms with Gasteiger partial charge in [-0.3, -0.25) is 4.79 Å². The number of hydrogen-bond acceptors (Lipinski definition) is 3. The summed E-state index contributed by atoms with van der Waals surface area (Å²) in [6, 6.07) is 10.0. The van der Waals surface area contributed by atoms with Gasteiger partial charge in [0.25, 0.3) is 5.91 Å². The van der Waals surface area contributed by atoms with E-state index in [4.69, 9.17) is 0 Å². The van der Waals surface area contributed by atoms with Gasteiger partial charge in [0.05, 0.1) is 6.04 Å². The Kier molecular flexibility index (Phi) is 3.36. The van der Waals surface area contributed by atoms with Crippen molar-refractivity contribution in [2.24, 2.45) is 0 Å². The van der Waals surface area contributed by atoms with Crippen LogP contribution in [0.5, 0.6) is 0 Å². The van der Waals surface area contributed by atoms with Crippen LogP contribution >= 0.6 is 11.3 Å². The lowest BCUT2D eigenvalue weighted by Gasteiger charge is -2.12. The Morgan fingerprint density at radius 3 is 2.95 bits per heavy atom. The van der Waals surface area contributed by atoms with Crippen molar-refractivity contribution in [3.05, 3.63) is 57.3 Å². The van der Waals surface area contributed by atoms with E-state index >= 15 is 0 Å². The molecule has 0 aliphatic carbocycles. The normalized spacial score (nSPS) is 15.0. The van der Waals surface area contributed by atoms with Crippen LogP contribution in [-0.2, 0) is 13.1 Å². The predicted octanol–water partition coefficient (Wildman–Crippen LogP) is 2.84. The maximum Gasteiger partial charge on any atom is 0.251 e. The van der Waals surface area contributed by atoms with Crippen LogP contribution in [-0.4, -0.2) is 5.91 Å². The van der Waals surface area contributed by atoms with E-state index in [2.05, 4.69) is 10.6 Å². The average Bonchev–Trinajstić information content (AvgIpc) is 3.09. The summed E-state index contributed by atoms with van der Waals surface area (Å²) in [5.41, 5.74) is 3.27. The van der Waals surface area contributed by atoms with E-state index < -0.39 is 0 Å². The first-order valence-electron chi connectivity index (χ1n) is 6.41. The van der Waals surface area contributed by atoms with Crippen molar-refractivity contribution in [1.29, 1.82) is 0 Å². The highest BCUT2D eigenvalue weighted by Crippen LogP contribution is 2.20. The first-order valence-corrected chi connectivity index (χ1v) is 7.29. The molecular weight excluding hydrogens is 256 g/mol. The van der Waals surface area contributed by atoms with Crippen LogP contribution in [0.15, 0.2) is 35.7 Å². The number of thiophene rings is 1. The van der Waals surface area contributed by atoms with Crippen molar-refractivity contribution >= 4 is 17.2 Å². The number of carbonyl (C=O) groups is 1. The third kappa shape index (κ3) is 2.55. The summed E-state index contributed by atoms with van der Waals surface area (Å²) in [5, 5.41) is 8.35. The number of amides is 1. The molecule has 2 heterocycles. The lowest BCUT2D eigenvalue weighted by molar-refractivity contribution is 0.0940. The van der Waals surface area contributed by atoms with Gasteiger partial charge in [0.1, 0.15) is 0 Å². The fraction of sp³-hybridized carbons (Fsp3) is 0.267. The quantitative estimate of drug-likeness (QED) is 0.902. The molecule has 1 aliphatic rings. The first-order chi connectivity index (χ1) is 9.24. The van der Waals surface area contributed by atoms with Crippen LogP contribution in [0.25, 0.3) is 0 Å². The molecule has 1 aromatic heterocycles. The number of benzene rings is 1. The maximum absolute atomic E-state index is 12.2. The highest BCUT2D eigenvalue weighted by Gasteiger charge is 2.15. The van der Waals surface area contributed by atoms with Crippen LogP contribution < -0.4 is 10.6 Å². The monoisotopic (exact) mass is 272 g/mol. The zero-order valence-corrected chi connectivity index (χ0v) is 11.6. The Morgan fingerprint density at radius 1 is 1.32 bits per heavy atom. The molecule has 0 saturated carbocycles. The van der Waals surface area contributed by atoms with Crippen molar-refractivity contribution in [3.63, 3.8) is 0 Å². The Balaban J connectivity index is 1.74. The van der Waals surface area contributed by atoms with E-state index in [1.165, 1.54) is 16.0 Å². The van der Waals surface area contributed by atoms with E-state index in [1.54, 1.807) is 11.3 Å². The third-order valence-electron chi connectivity index (χ3n) is 3.42. The van der Waals surface area contributed by atoms with Crippen molar-refractivity contribution in [1.82, 2.24) is 10.6 Å². The van der Waals surface area contributed by atoms with Gasteiger partial charge >= 0.3 is 0 Å². The lowest BCUT2D eigenvalue weighted by Crippen LogP contribution is -2.26. The molecule has 4 heteroatoms. The molecule has 1 aliphatic heterocycles. The molecular formula is C15H16N2OS. The van der Waals surface area contributed by atoms with Gasteiger partial charge in [-0.15, -0.1) is 11.3 Å². The lowest BCUT2D eigenvalue weighted by atomic mass is 10.1. The molecule has 98 valence electrons. The van der Waals surface area contributed by atoms with Gasteiger partial charge in [-0.05, 0) is 41.6 Å². The molecule has 0 unspecified atom stereocenters. The van der Waals surface area contributed by atoms with Crippen molar-refractivity contribution in [2.45, 2.75) is 26.1 Å². The average molecular weight is 272 g/mol. The Hall–Kier alpha value is -1.65. The number of rotatable bonds is 3. The summed E-state index contributed by atoms with van der Waals surface area (Å²) in [5.74, 6) is -0.00407. The largest absolute Gasteiger partial charge is 0.345 e. The number of fused-ring (bicyclic) bond motifs is 1. The zero-order valence-electron chi connectivity index (χ0n) is 10.8. The smallest absolute Gasteiger partial charge is 0.251 e. The second kappa shape index (κ2) is 5.15. The summed E-state index contributed by atoms with van der Waals surface area (Å²) >= 11 is 1.66.